The van der Waals surface area contributed by atoms with Gasteiger partial charge < -0.3 is 24.3 Å². The lowest BCUT2D eigenvalue weighted by Crippen LogP contribution is -2.34. The van der Waals surface area contributed by atoms with Crippen LogP contribution in [-0.2, 0) is 11.3 Å². The van der Waals surface area contributed by atoms with Crippen LogP contribution in [0.25, 0.3) is 33.5 Å². The average molecular weight is 652 g/mol. The van der Waals surface area contributed by atoms with Gasteiger partial charge in [-0.15, -0.1) is 0 Å². The highest BCUT2D eigenvalue weighted by atomic mass is 19.1. The Bertz CT molecular complexity index is 1900. The highest BCUT2D eigenvalue weighted by Crippen LogP contribution is 2.38. The number of carboxylic acid groups (broad SMARTS) is 1. The normalized spacial score (nSPS) is 15.0. The first kappa shape index (κ1) is 33.3. The van der Waals surface area contributed by atoms with E-state index in [9.17, 15) is 15.0 Å². The first-order valence-electron chi connectivity index (χ1n) is 16.5. The summed E-state index contributed by atoms with van der Waals surface area (Å²) >= 11 is 0. The van der Waals surface area contributed by atoms with Gasteiger partial charge >= 0.3 is 5.97 Å². The molecule has 0 aliphatic heterocycles. The highest BCUT2D eigenvalue weighted by Gasteiger charge is 2.25. The van der Waals surface area contributed by atoms with Gasteiger partial charge in [0.15, 0.2) is 0 Å². The number of nitrogens with zero attached hydrogens (tertiary/aromatic N) is 2. The predicted molar refractivity (Wildman–Crippen MR) is 185 cm³/mol. The molecule has 1 aromatic heterocycles. The Morgan fingerprint density at radius 3 is 2.44 bits per heavy atom. The van der Waals surface area contributed by atoms with Crippen molar-refractivity contribution in [3.05, 3.63) is 107 Å². The molecule has 1 fully saturated rings. The second kappa shape index (κ2) is 14.7. The lowest BCUT2D eigenvalue weighted by atomic mass is 9.94. The molecular formula is C39H42FN3O5. The zero-order valence-electron chi connectivity index (χ0n) is 27.6. The van der Waals surface area contributed by atoms with Crippen molar-refractivity contribution in [3.63, 3.8) is 0 Å². The zero-order valence-corrected chi connectivity index (χ0v) is 27.6. The van der Waals surface area contributed by atoms with Crippen LogP contribution in [0.3, 0.4) is 0 Å². The van der Waals surface area contributed by atoms with E-state index in [4.69, 9.17) is 14.5 Å². The Morgan fingerprint density at radius 1 is 1.00 bits per heavy atom. The molecule has 9 heteroatoms. The number of carboxylic acids is 1. The molecule has 2 unspecified atom stereocenters. The number of fused-ring (bicyclic) bond motifs is 1. The van der Waals surface area contributed by atoms with E-state index in [0.29, 0.717) is 22.7 Å². The number of aromatic nitrogens is 2. The van der Waals surface area contributed by atoms with Gasteiger partial charge in [0.25, 0.3) is 0 Å². The quantitative estimate of drug-likeness (QED) is 0.117. The van der Waals surface area contributed by atoms with Gasteiger partial charge in [0.05, 0.1) is 28.8 Å². The largest absolute Gasteiger partial charge is 0.489 e. The first-order chi connectivity index (χ1) is 23.2. The number of imidazole rings is 1. The van der Waals surface area contributed by atoms with Gasteiger partial charge in [0.1, 0.15) is 30.2 Å². The SMILES string of the molecule is COC(NC(C)CO)c1ccc(-c2ccc(C)cc2)c(COc2ccc(-c3nc4cc(C(=O)O)ccc4n3C3CCCCC3)c(F)c2)c1. The van der Waals surface area contributed by atoms with Gasteiger partial charge in [-0.1, -0.05) is 61.2 Å². The predicted octanol–water partition coefficient (Wildman–Crippen LogP) is 8.22. The van der Waals surface area contributed by atoms with E-state index in [0.717, 1.165) is 59.0 Å². The number of ether oxygens (including phenoxy) is 2. The second-order valence-corrected chi connectivity index (χ2v) is 12.7. The number of rotatable bonds is 12. The summed E-state index contributed by atoms with van der Waals surface area (Å²) in [6.45, 7) is 4.08. The Hall–Kier alpha value is -4.57. The molecule has 48 heavy (non-hydrogen) atoms. The number of methoxy groups -OCH3 is 1. The van der Waals surface area contributed by atoms with Crippen molar-refractivity contribution in [1.82, 2.24) is 14.9 Å². The minimum absolute atomic E-state index is 0.0286. The number of benzene rings is 4. The minimum Gasteiger partial charge on any atom is -0.489 e. The Morgan fingerprint density at radius 2 is 1.75 bits per heavy atom. The van der Waals surface area contributed by atoms with Crippen molar-refractivity contribution in [2.24, 2.45) is 0 Å². The van der Waals surface area contributed by atoms with E-state index in [2.05, 4.69) is 34.1 Å². The molecule has 2 atom stereocenters. The Balaban J connectivity index is 1.32. The van der Waals surface area contributed by atoms with Crippen molar-refractivity contribution in [2.45, 2.75) is 70.9 Å². The van der Waals surface area contributed by atoms with Crippen LogP contribution in [0.5, 0.6) is 5.75 Å². The molecule has 5 aromatic rings. The van der Waals surface area contributed by atoms with Crippen LogP contribution in [0, 0.1) is 12.7 Å². The molecule has 1 aliphatic carbocycles. The van der Waals surface area contributed by atoms with Gasteiger partial charge in [-0.25, -0.2) is 14.2 Å². The molecule has 4 aromatic carbocycles. The molecule has 0 radical (unpaired) electrons. The van der Waals surface area contributed by atoms with E-state index in [1.54, 1.807) is 37.4 Å². The summed E-state index contributed by atoms with van der Waals surface area (Å²) in [5.41, 5.74) is 6.79. The number of hydrogen-bond acceptors (Lipinski definition) is 6. The zero-order chi connectivity index (χ0) is 33.8. The fraction of sp³-hybridized carbons (Fsp3) is 0.333. The molecule has 3 N–H and O–H groups in total. The molecule has 6 rings (SSSR count). The number of aliphatic hydroxyl groups excluding tert-OH is 1. The van der Waals surface area contributed by atoms with Gasteiger partial charge in [-0.3, -0.25) is 5.32 Å². The van der Waals surface area contributed by atoms with Crippen LogP contribution in [0.15, 0.2) is 78.9 Å². The van der Waals surface area contributed by atoms with E-state index < -0.39 is 18.0 Å². The lowest BCUT2D eigenvalue weighted by Gasteiger charge is -2.26. The third-order valence-corrected chi connectivity index (χ3v) is 9.19. The van der Waals surface area contributed by atoms with Crippen molar-refractivity contribution in [3.8, 4) is 28.3 Å². The maximum absolute atomic E-state index is 16.0. The van der Waals surface area contributed by atoms with Crippen LogP contribution < -0.4 is 10.1 Å². The van der Waals surface area contributed by atoms with Crippen LogP contribution in [0.2, 0.25) is 0 Å². The molecule has 8 nitrogen and oxygen atoms in total. The highest BCUT2D eigenvalue weighted by molar-refractivity contribution is 5.93. The maximum Gasteiger partial charge on any atom is 0.335 e. The minimum atomic E-state index is -1.02. The summed E-state index contributed by atoms with van der Waals surface area (Å²) in [5.74, 6) is -0.621. The van der Waals surface area contributed by atoms with E-state index >= 15 is 4.39 Å². The van der Waals surface area contributed by atoms with Gasteiger partial charge in [0.2, 0.25) is 0 Å². The van der Waals surface area contributed by atoms with Gasteiger partial charge in [-0.05, 0) is 85.3 Å². The standard InChI is InChI=1S/C39H42FN3O5/c1-24-9-11-26(12-10-24)32-16-13-27(38(47-3)41-25(2)22-44)19-29(32)23-48-31-15-17-33(34(40)21-31)37-42-35-20-28(39(45)46)14-18-36(35)43(37)30-7-5-4-6-8-30/h9-21,25,30,38,41,44H,4-8,22-23H2,1-3H3,(H,45,46). The summed E-state index contributed by atoms with van der Waals surface area (Å²) in [4.78, 5) is 16.5. The molecule has 1 heterocycles. The van der Waals surface area contributed by atoms with E-state index in [1.807, 2.05) is 32.0 Å². The molecule has 1 aliphatic rings. The average Bonchev–Trinajstić information content (AvgIpc) is 3.48. The summed E-state index contributed by atoms with van der Waals surface area (Å²) in [6.07, 6.45) is 4.82. The summed E-state index contributed by atoms with van der Waals surface area (Å²) in [6, 6.07) is 24.1. The molecule has 0 bridgehead atoms. The molecule has 0 amide bonds. The van der Waals surface area contributed by atoms with E-state index in [1.165, 1.54) is 12.5 Å². The number of aryl methyl sites for hydroxylation is 1. The van der Waals surface area contributed by atoms with Crippen LogP contribution in [0.1, 0.15) is 78.3 Å². The van der Waals surface area contributed by atoms with Gasteiger partial charge in [0, 0.05) is 25.3 Å². The Labute approximate surface area is 280 Å². The van der Waals surface area contributed by atoms with E-state index in [-0.39, 0.29) is 30.9 Å². The van der Waals surface area contributed by atoms with Crippen molar-refractivity contribution in [1.29, 1.82) is 0 Å². The molecule has 250 valence electrons. The monoisotopic (exact) mass is 651 g/mol. The lowest BCUT2D eigenvalue weighted by molar-refractivity contribution is 0.0558. The van der Waals surface area contributed by atoms with Crippen molar-refractivity contribution in [2.75, 3.05) is 13.7 Å². The first-order valence-corrected chi connectivity index (χ1v) is 16.5. The topological polar surface area (TPSA) is 106 Å². The van der Waals surface area contributed by atoms with Crippen molar-refractivity contribution >= 4 is 17.0 Å². The smallest absolute Gasteiger partial charge is 0.335 e. The van der Waals surface area contributed by atoms with Crippen LogP contribution in [0.4, 0.5) is 4.39 Å². The maximum atomic E-state index is 16.0. The number of aliphatic hydroxyl groups is 1. The number of hydrogen-bond donors (Lipinski definition) is 3. The second-order valence-electron chi connectivity index (χ2n) is 12.7. The summed E-state index contributed by atoms with van der Waals surface area (Å²) < 4.78 is 30.1. The number of carbonyl (C=O) groups is 1. The van der Waals surface area contributed by atoms with Gasteiger partial charge in [-0.2, -0.15) is 0 Å². The van der Waals surface area contributed by atoms with Crippen LogP contribution in [-0.4, -0.2) is 45.5 Å². The summed E-state index contributed by atoms with van der Waals surface area (Å²) in [5, 5.41) is 22.4. The molecular weight excluding hydrogens is 609 g/mol. The molecule has 1 saturated carbocycles. The Kier molecular flexibility index (Phi) is 10.2. The fourth-order valence-electron chi connectivity index (χ4n) is 6.58. The van der Waals surface area contributed by atoms with Crippen molar-refractivity contribution < 1.29 is 28.9 Å². The molecule has 0 spiro atoms. The fourth-order valence-corrected chi connectivity index (χ4v) is 6.58. The third kappa shape index (κ3) is 7.13. The molecule has 0 saturated heterocycles. The number of halogens is 1. The third-order valence-electron chi connectivity index (χ3n) is 9.19. The number of nitrogens with one attached hydrogen (secondary N) is 1. The number of aromatic carboxylic acids is 1. The van der Waals surface area contributed by atoms with Crippen LogP contribution >= 0.6 is 0 Å². The summed E-state index contributed by atoms with van der Waals surface area (Å²) in [7, 11) is 1.61.